The second-order valence-electron chi connectivity index (χ2n) is 4.41. The molecule has 16 heavy (non-hydrogen) atoms. The number of nitrogens with one attached hydrogen (secondary N) is 1. The number of hydrogen-bond acceptors (Lipinski definition) is 3. The first-order valence-corrected chi connectivity index (χ1v) is 5.97. The number of rotatable bonds is 4. The summed E-state index contributed by atoms with van der Waals surface area (Å²) in [5, 5.41) is 12.6. The van der Waals surface area contributed by atoms with E-state index in [2.05, 4.69) is 24.1 Å². The highest BCUT2D eigenvalue weighted by atomic mass is 16.3. The van der Waals surface area contributed by atoms with E-state index in [0.29, 0.717) is 17.8 Å². The van der Waals surface area contributed by atoms with E-state index in [4.69, 9.17) is 0 Å². The van der Waals surface area contributed by atoms with Crippen LogP contribution in [0.4, 0.5) is 0 Å². The molecular formula is C13H20N2O. The summed E-state index contributed by atoms with van der Waals surface area (Å²) in [6.45, 7) is 7.68. The topological polar surface area (TPSA) is 35.5 Å². The van der Waals surface area contributed by atoms with Crippen molar-refractivity contribution in [1.29, 1.82) is 0 Å². The Bertz CT molecular complexity index is 332. The van der Waals surface area contributed by atoms with Crippen molar-refractivity contribution in [3.63, 3.8) is 0 Å². The summed E-state index contributed by atoms with van der Waals surface area (Å²) >= 11 is 0. The lowest BCUT2D eigenvalue weighted by molar-refractivity contribution is 0.110. The maximum atomic E-state index is 9.28. The van der Waals surface area contributed by atoms with Gasteiger partial charge in [-0.15, -0.1) is 0 Å². The molecule has 0 amide bonds. The number of hydrogen-bond donors (Lipinski definition) is 2. The maximum Gasteiger partial charge on any atom is 0.115 e. The van der Waals surface area contributed by atoms with Gasteiger partial charge in [0.1, 0.15) is 5.75 Å². The van der Waals surface area contributed by atoms with Gasteiger partial charge in [-0.05, 0) is 31.2 Å². The van der Waals surface area contributed by atoms with Gasteiger partial charge in [-0.3, -0.25) is 4.90 Å². The largest absolute Gasteiger partial charge is 0.508 e. The van der Waals surface area contributed by atoms with Crippen LogP contribution in [-0.2, 0) is 0 Å². The molecule has 2 N–H and O–H groups in total. The molecule has 1 aliphatic heterocycles. The molecule has 1 saturated heterocycles. The molecule has 88 valence electrons. The molecule has 0 saturated carbocycles. The lowest BCUT2D eigenvalue weighted by atomic mass is 10.0. The highest BCUT2D eigenvalue weighted by Crippen LogP contribution is 2.24. The molecule has 1 aromatic carbocycles. The smallest absolute Gasteiger partial charge is 0.115 e. The highest BCUT2D eigenvalue weighted by Gasteiger charge is 2.27. The number of nitrogens with zero attached hydrogens (tertiary/aromatic N) is 1. The molecule has 1 fully saturated rings. The fourth-order valence-electron chi connectivity index (χ4n) is 2.30. The average Bonchev–Trinajstić information content (AvgIpc) is 2.23. The van der Waals surface area contributed by atoms with E-state index in [-0.39, 0.29) is 0 Å². The average molecular weight is 220 g/mol. The van der Waals surface area contributed by atoms with Crippen LogP contribution < -0.4 is 5.32 Å². The lowest BCUT2D eigenvalue weighted by Crippen LogP contribution is -2.57. The number of aromatic hydroxyl groups is 1. The zero-order valence-corrected chi connectivity index (χ0v) is 9.98. The van der Waals surface area contributed by atoms with Crippen molar-refractivity contribution in [1.82, 2.24) is 10.2 Å². The van der Waals surface area contributed by atoms with Crippen molar-refractivity contribution >= 4 is 0 Å². The number of benzene rings is 1. The fourth-order valence-corrected chi connectivity index (χ4v) is 2.30. The van der Waals surface area contributed by atoms with E-state index in [1.807, 2.05) is 12.1 Å². The van der Waals surface area contributed by atoms with E-state index in [1.165, 1.54) is 5.56 Å². The van der Waals surface area contributed by atoms with Gasteiger partial charge < -0.3 is 10.4 Å². The minimum Gasteiger partial charge on any atom is -0.508 e. The summed E-state index contributed by atoms with van der Waals surface area (Å²) in [7, 11) is 0. The summed E-state index contributed by atoms with van der Waals surface area (Å²) < 4.78 is 0. The SMILES string of the molecule is CCN(C1CNC1)C(C)c1ccc(O)cc1. The Labute approximate surface area is 97.1 Å². The van der Waals surface area contributed by atoms with Crippen LogP contribution in [0.3, 0.4) is 0 Å². The van der Waals surface area contributed by atoms with E-state index in [9.17, 15) is 5.11 Å². The molecule has 2 rings (SSSR count). The van der Waals surface area contributed by atoms with Gasteiger partial charge in [0.05, 0.1) is 0 Å². The molecular weight excluding hydrogens is 200 g/mol. The van der Waals surface area contributed by atoms with E-state index in [1.54, 1.807) is 12.1 Å². The van der Waals surface area contributed by atoms with Crippen molar-refractivity contribution in [2.75, 3.05) is 19.6 Å². The number of phenols is 1. The Balaban J connectivity index is 2.09. The van der Waals surface area contributed by atoms with Crippen LogP contribution in [0.25, 0.3) is 0 Å². The van der Waals surface area contributed by atoms with Gasteiger partial charge in [-0.1, -0.05) is 19.1 Å². The third-order valence-electron chi connectivity index (χ3n) is 3.47. The summed E-state index contributed by atoms with van der Waals surface area (Å²) in [4.78, 5) is 2.50. The zero-order valence-electron chi connectivity index (χ0n) is 9.98. The normalized spacial score (nSPS) is 18.4. The summed E-state index contributed by atoms with van der Waals surface area (Å²) in [5.74, 6) is 0.337. The quantitative estimate of drug-likeness (QED) is 0.811. The van der Waals surface area contributed by atoms with Crippen LogP contribution in [0.15, 0.2) is 24.3 Å². The predicted octanol–water partition coefficient (Wildman–Crippen LogP) is 1.75. The molecule has 1 aromatic rings. The zero-order chi connectivity index (χ0) is 11.5. The molecule has 0 spiro atoms. The van der Waals surface area contributed by atoms with Gasteiger partial charge in [-0.25, -0.2) is 0 Å². The molecule has 1 aliphatic rings. The second kappa shape index (κ2) is 4.85. The summed E-state index contributed by atoms with van der Waals surface area (Å²) in [5.41, 5.74) is 1.27. The highest BCUT2D eigenvalue weighted by molar-refractivity contribution is 5.28. The minimum absolute atomic E-state index is 0.337. The lowest BCUT2D eigenvalue weighted by Gasteiger charge is -2.41. The van der Waals surface area contributed by atoms with Gasteiger partial charge >= 0.3 is 0 Å². The molecule has 0 aliphatic carbocycles. The van der Waals surface area contributed by atoms with Crippen LogP contribution in [0.1, 0.15) is 25.5 Å². The third kappa shape index (κ3) is 2.20. The monoisotopic (exact) mass is 220 g/mol. The molecule has 0 bridgehead atoms. The van der Waals surface area contributed by atoms with Crippen LogP contribution in [0, 0.1) is 0 Å². The summed E-state index contributed by atoms with van der Waals surface area (Å²) in [6, 6.07) is 8.62. The Morgan fingerprint density at radius 3 is 2.44 bits per heavy atom. The molecule has 3 nitrogen and oxygen atoms in total. The van der Waals surface area contributed by atoms with Gasteiger partial charge in [0.2, 0.25) is 0 Å². The van der Waals surface area contributed by atoms with Crippen molar-refractivity contribution < 1.29 is 5.11 Å². The fraction of sp³-hybridized carbons (Fsp3) is 0.538. The first-order chi connectivity index (χ1) is 7.72. The molecule has 3 heteroatoms. The Kier molecular flexibility index (Phi) is 3.46. The minimum atomic E-state index is 0.337. The van der Waals surface area contributed by atoms with Crippen molar-refractivity contribution in [3.05, 3.63) is 29.8 Å². The van der Waals surface area contributed by atoms with Gasteiger partial charge in [0.25, 0.3) is 0 Å². The number of phenolic OH excluding ortho intramolecular Hbond substituents is 1. The van der Waals surface area contributed by atoms with Gasteiger partial charge in [0.15, 0.2) is 0 Å². The van der Waals surface area contributed by atoms with Crippen LogP contribution in [0.5, 0.6) is 5.75 Å². The van der Waals surface area contributed by atoms with Crippen LogP contribution >= 0.6 is 0 Å². The molecule has 1 heterocycles. The maximum absolute atomic E-state index is 9.28. The van der Waals surface area contributed by atoms with Gasteiger partial charge in [-0.2, -0.15) is 0 Å². The van der Waals surface area contributed by atoms with Crippen molar-refractivity contribution in [2.45, 2.75) is 25.9 Å². The van der Waals surface area contributed by atoms with E-state index >= 15 is 0 Å². The van der Waals surface area contributed by atoms with Gasteiger partial charge in [0, 0.05) is 25.2 Å². The van der Waals surface area contributed by atoms with Crippen molar-refractivity contribution in [3.8, 4) is 5.75 Å². The van der Waals surface area contributed by atoms with Crippen molar-refractivity contribution in [2.24, 2.45) is 0 Å². The second-order valence-corrected chi connectivity index (χ2v) is 4.41. The molecule has 1 atom stereocenters. The van der Waals surface area contributed by atoms with E-state index < -0.39 is 0 Å². The predicted molar refractivity (Wildman–Crippen MR) is 65.6 cm³/mol. The molecule has 0 radical (unpaired) electrons. The standard InChI is InChI=1S/C13H20N2O/c1-3-15(12-8-14-9-12)10(2)11-4-6-13(16)7-5-11/h4-7,10,12,14,16H,3,8-9H2,1-2H3. The van der Waals surface area contributed by atoms with Crippen LogP contribution in [-0.4, -0.2) is 35.7 Å². The Morgan fingerprint density at radius 1 is 1.38 bits per heavy atom. The summed E-state index contributed by atoms with van der Waals surface area (Å²) in [6.07, 6.45) is 0. The first kappa shape index (κ1) is 11.4. The third-order valence-corrected chi connectivity index (χ3v) is 3.47. The van der Waals surface area contributed by atoms with E-state index in [0.717, 1.165) is 19.6 Å². The molecule has 1 unspecified atom stereocenters. The van der Waals surface area contributed by atoms with Crippen LogP contribution in [0.2, 0.25) is 0 Å². The Hall–Kier alpha value is -1.06. The number of likely N-dealkylation sites (N-methyl/N-ethyl adjacent to an activating group) is 1. The Morgan fingerprint density at radius 2 is 2.00 bits per heavy atom. The first-order valence-electron chi connectivity index (χ1n) is 5.97. The molecule has 0 aromatic heterocycles.